The summed E-state index contributed by atoms with van der Waals surface area (Å²) in [6, 6.07) is 21.0. The van der Waals surface area contributed by atoms with Gasteiger partial charge in [-0.3, -0.25) is 24.5 Å². The number of benzene rings is 3. The molecule has 2 fully saturated rings. The first-order valence-electron chi connectivity index (χ1n) is 10.9. The number of nitro benzene ring substituents is 1. The number of carbonyl (C=O) groups excluding carboxylic acids is 2. The zero-order valence-electron chi connectivity index (χ0n) is 18.2. The molecule has 2 saturated heterocycles. The number of amides is 2. The predicted octanol–water partition coefficient (Wildman–Crippen LogP) is 4.04. The largest absolute Gasteiger partial charge is 0.492 e. The van der Waals surface area contributed by atoms with Crippen LogP contribution in [0.1, 0.15) is 18.5 Å². The van der Waals surface area contributed by atoms with Gasteiger partial charge in [-0.05, 0) is 37.3 Å². The molecule has 9 heteroatoms. The van der Waals surface area contributed by atoms with Crippen molar-refractivity contribution >= 4 is 28.9 Å². The van der Waals surface area contributed by atoms with Crippen molar-refractivity contribution < 1.29 is 24.1 Å². The third kappa shape index (κ3) is 3.37. The van der Waals surface area contributed by atoms with Crippen molar-refractivity contribution in [2.45, 2.75) is 19.1 Å². The summed E-state index contributed by atoms with van der Waals surface area (Å²) in [5, 5.41) is 13.3. The first kappa shape index (κ1) is 21.6. The van der Waals surface area contributed by atoms with Crippen LogP contribution in [0.5, 0.6) is 5.75 Å². The Morgan fingerprint density at radius 3 is 2.35 bits per heavy atom. The average molecular weight is 459 g/mol. The summed E-state index contributed by atoms with van der Waals surface area (Å²) in [7, 11) is 0. The second-order valence-electron chi connectivity index (χ2n) is 7.89. The molecule has 0 saturated carbocycles. The van der Waals surface area contributed by atoms with Crippen LogP contribution in [0.15, 0.2) is 78.9 Å². The Hall–Kier alpha value is -4.24. The van der Waals surface area contributed by atoms with Gasteiger partial charge in [0.1, 0.15) is 17.7 Å². The van der Waals surface area contributed by atoms with E-state index < -0.39 is 34.8 Å². The number of fused-ring (bicyclic) bond motifs is 1. The summed E-state index contributed by atoms with van der Waals surface area (Å²) < 4.78 is 5.63. The van der Waals surface area contributed by atoms with Crippen molar-refractivity contribution in [3.05, 3.63) is 94.5 Å². The quantitative estimate of drug-likeness (QED) is 0.311. The van der Waals surface area contributed by atoms with Gasteiger partial charge in [0.05, 0.1) is 28.5 Å². The van der Waals surface area contributed by atoms with Gasteiger partial charge in [-0.2, -0.15) is 0 Å². The average Bonchev–Trinajstić information content (AvgIpc) is 3.36. The Labute approximate surface area is 195 Å². The molecule has 0 unspecified atom stereocenters. The van der Waals surface area contributed by atoms with E-state index in [2.05, 4.69) is 0 Å². The molecule has 9 nitrogen and oxygen atoms in total. The van der Waals surface area contributed by atoms with Crippen molar-refractivity contribution in [2.24, 2.45) is 5.92 Å². The maximum absolute atomic E-state index is 13.8. The lowest BCUT2D eigenvalue weighted by molar-refractivity contribution is -0.385. The molecule has 2 heterocycles. The Morgan fingerprint density at radius 1 is 0.941 bits per heavy atom. The summed E-state index contributed by atoms with van der Waals surface area (Å²) in [4.78, 5) is 45.7. The third-order valence-corrected chi connectivity index (χ3v) is 5.98. The number of hydrogen-bond donors (Lipinski definition) is 0. The number of imide groups is 1. The van der Waals surface area contributed by atoms with Gasteiger partial charge < -0.3 is 4.74 Å². The lowest BCUT2D eigenvalue weighted by Crippen LogP contribution is -2.37. The molecule has 0 N–H and O–H groups in total. The van der Waals surface area contributed by atoms with Gasteiger partial charge in [0.15, 0.2) is 6.10 Å². The van der Waals surface area contributed by atoms with E-state index in [9.17, 15) is 19.7 Å². The van der Waals surface area contributed by atoms with E-state index in [-0.39, 0.29) is 5.69 Å². The van der Waals surface area contributed by atoms with Crippen molar-refractivity contribution in [1.82, 2.24) is 0 Å². The number of hydroxylamine groups is 1. The fourth-order valence-corrected chi connectivity index (χ4v) is 4.59. The molecule has 172 valence electrons. The van der Waals surface area contributed by atoms with Crippen LogP contribution in [0.2, 0.25) is 0 Å². The van der Waals surface area contributed by atoms with Crippen LogP contribution in [-0.4, -0.2) is 29.4 Å². The second-order valence-corrected chi connectivity index (χ2v) is 7.89. The molecule has 0 aliphatic carbocycles. The summed E-state index contributed by atoms with van der Waals surface area (Å²) in [5.41, 5.74) is 1.06. The monoisotopic (exact) mass is 459 g/mol. The number of nitro groups is 1. The molecular formula is C25H21N3O6. The number of anilines is 2. The molecular weight excluding hydrogens is 438 g/mol. The maximum atomic E-state index is 13.8. The van der Waals surface area contributed by atoms with Crippen molar-refractivity contribution in [3.8, 4) is 5.75 Å². The number of hydrogen-bond acceptors (Lipinski definition) is 7. The number of para-hydroxylation sites is 4. The first-order chi connectivity index (χ1) is 16.5. The van der Waals surface area contributed by atoms with E-state index >= 15 is 0 Å². The highest BCUT2D eigenvalue weighted by Crippen LogP contribution is 2.50. The van der Waals surface area contributed by atoms with E-state index in [1.54, 1.807) is 66.7 Å². The fourth-order valence-electron chi connectivity index (χ4n) is 4.59. The molecule has 0 radical (unpaired) electrons. The van der Waals surface area contributed by atoms with Crippen LogP contribution in [-0.2, 0) is 14.4 Å². The molecule has 2 aliphatic rings. The number of nitrogens with zero attached hydrogens (tertiary/aromatic N) is 3. The summed E-state index contributed by atoms with van der Waals surface area (Å²) in [6.45, 7) is 2.17. The molecule has 34 heavy (non-hydrogen) atoms. The van der Waals surface area contributed by atoms with E-state index in [1.165, 1.54) is 11.1 Å². The van der Waals surface area contributed by atoms with Gasteiger partial charge in [-0.15, -0.1) is 0 Å². The van der Waals surface area contributed by atoms with Crippen LogP contribution in [0, 0.1) is 16.0 Å². The molecule has 0 bridgehead atoms. The lowest BCUT2D eigenvalue weighted by atomic mass is 9.89. The predicted molar refractivity (Wildman–Crippen MR) is 123 cm³/mol. The molecule has 2 amide bonds. The first-order valence-corrected chi connectivity index (χ1v) is 10.9. The minimum Gasteiger partial charge on any atom is -0.492 e. The van der Waals surface area contributed by atoms with E-state index in [0.717, 1.165) is 4.90 Å². The van der Waals surface area contributed by atoms with E-state index in [0.29, 0.717) is 29.3 Å². The second kappa shape index (κ2) is 8.60. The van der Waals surface area contributed by atoms with E-state index in [1.807, 2.05) is 13.0 Å². The number of rotatable bonds is 6. The Bertz CT molecular complexity index is 1260. The minimum atomic E-state index is -1.13. The van der Waals surface area contributed by atoms with Crippen LogP contribution in [0.3, 0.4) is 0 Å². The molecule has 3 atom stereocenters. The summed E-state index contributed by atoms with van der Waals surface area (Å²) >= 11 is 0. The van der Waals surface area contributed by atoms with Crippen molar-refractivity contribution in [1.29, 1.82) is 0 Å². The van der Waals surface area contributed by atoms with Gasteiger partial charge in [-0.25, -0.2) is 9.96 Å². The highest BCUT2D eigenvalue weighted by Gasteiger charge is 2.61. The topological polar surface area (TPSA) is 102 Å². The number of carbonyl (C=O) groups is 2. The van der Waals surface area contributed by atoms with Gasteiger partial charge in [0.2, 0.25) is 5.91 Å². The van der Waals surface area contributed by atoms with E-state index in [4.69, 9.17) is 9.57 Å². The van der Waals surface area contributed by atoms with Crippen LogP contribution < -0.4 is 14.7 Å². The SMILES string of the molecule is CCOc1ccccc1N1C(=O)[C@H]2[C@@H](c3ccccc3[N+](=O)[O-])N(c3ccccc3)O[C@H]2C1=O. The molecule has 3 aromatic carbocycles. The van der Waals surface area contributed by atoms with Crippen LogP contribution in [0.25, 0.3) is 0 Å². The van der Waals surface area contributed by atoms with Gasteiger partial charge in [0.25, 0.3) is 11.6 Å². The summed E-state index contributed by atoms with van der Waals surface area (Å²) in [6.07, 6.45) is -1.13. The Morgan fingerprint density at radius 2 is 1.62 bits per heavy atom. The molecule has 0 spiro atoms. The molecule has 3 aromatic rings. The standard InChI is InChI=1S/C25H21N3O6/c1-2-33-20-15-9-8-14-19(20)26-24(29)21-22(17-12-6-7-13-18(17)28(31)32)27(34-23(21)25(26)30)16-10-4-3-5-11-16/h3-15,21-23H,2H2,1H3/t21-,22+,23+/m0/s1. The third-order valence-electron chi connectivity index (χ3n) is 5.98. The van der Waals surface area contributed by atoms with Gasteiger partial charge in [-0.1, -0.05) is 42.5 Å². The Balaban J connectivity index is 1.63. The fraction of sp³-hybridized carbons (Fsp3) is 0.200. The Kier molecular flexibility index (Phi) is 5.46. The summed E-state index contributed by atoms with van der Waals surface area (Å²) in [5.74, 6) is -1.62. The molecule has 0 aromatic heterocycles. The zero-order chi connectivity index (χ0) is 23.8. The highest BCUT2D eigenvalue weighted by atomic mass is 16.7. The minimum absolute atomic E-state index is 0.147. The van der Waals surface area contributed by atoms with Gasteiger partial charge >= 0.3 is 0 Å². The van der Waals surface area contributed by atoms with Crippen LogP contribution in [0.4, 0.5) is 17.1 Å². The van der Waals surface area contributed by atoms with Crippen molar-refractivity contribution in [2.75, 3.05) is 16.6 Å². The maximum Gasteiger partial charge on any atom is 0.274 e. The highest BCUT2D eigenvalue weighted by molar-refractivity contribution is 6.24. The van der Waals surface area contributed by atoms with Crippen molar-refractivity contribution in [3.63, 3.8) is 0 Å². The zero-order valence-corrected chi connectivity index (χ0v) is 18.2. The normalized spacial score (nSPS) is 21.6. The molecule has 2 aliphatic heterocycles. The van der Waals surface area contributed by atoms with Crippen LogP contribution >= 0.6 is 0 Å². The van der Waals surface area contributed by atoms with Gasteiger partial charge in [0, 0.05) is 6.07 Å². The number of ether oxygens (including phenoxy) is 1. The lowest BCUT2D eigenvalue weighted by Gasteiger charge is -2.28. The smallest absolute Gasteiger partial charge is 0.274 e. The molecule has 5 rings (SSSR count).